The van der Waals surface area contributed by atoms with E-state index in [0.717, 1.165) is 44.9 Å². The first-order valence-corrected chi connectivity index (χ1v) is 13.3. The van der Waals surface area contributed by atoms with Gasteiger partial charge in [0.1, 0.15) is 0 Å². The van der Waals surface area contributed by atoms with Crippen LogP contribution in [0.3, 0.4) is 0 Å². The Balaban J connectivity index is 1.63. The lowest BCUT2D eigenvalue weighted by atomic mass is 9.39. The molecule has 190 valence electrons. The SMILES string of the molecule is CC(=CC=CC(C)C1(C)CC=C2C3CCC4C(C)(C)C(O)CCC4(C)C3(O)CCC21C)C(=O)O. The number of carboxylic acids is 1. The van der Waals surface area contributed by atoms with Crippen LogP contribution in [0, 0.1) is 39.4 Å². The third-order valence-corrected chi connectivity index (χ3v) is 11.9. The summed E-state index contributed by atoms with van der Waals surface area (Å²) in [5, 5.41) is 32.4. The van der Waals surface area contributed by atoms with Crippen molar-refractivity contribution in [3.8, 4) is 0 Å². The molecule has 3 N–H and O–H groups in total. The molecule has 8 unspecified atom stereocenters. The van der Waals surface area contributed by atoms with Crippen LogP contribution in [0.5, 0.6) is 0 Å². The zero-order valence-electron chi connectivity index (χ0n) is 22.3. The van der Waals surface area contributed by atoms with Crippen molar-refractivity contribution in [3.63, 3.8) is 0 Å². The van der Waals surface area contributed by atoms with E-state index in [9.17, 15) is 15.0 Å². The largest absolute Gasteiger partial charge is 0.478 e. The van der Waals surface area contributed by atoms with Crippen LogP contribution in [0.1, 0.15) is 93.4 Å². The molecule has 0 aromatic heterocycles. The molecule has 4 nitrogen and oxygen atoms in total. The molecule has 8 atom stereocenters. The number of carbonyl (C=O) groups is 1. The standard InChI is InChI=1S/C30H46O4/c1-19(25(32)33)9-8-10-20(2)27(5)15-13-21-22-11-12-23-26(3,4)24(31)14-16-29(23,7)30(22,34)18-17-28(21,27)6/h8-10,13,20,22-24,31,34H,11-12,14-18H2,1-7H3,(H,32,33). The summed E-state index contributed by atoms with van der Waals surface area (Å²) in [7, 11) is 0. The lowest BCUT2D eigenvalue weighted by Crippen LogP contribution is -2.67. The molecule has 0 aliphatic heterocycles. The maximum Gasteiger partial charge on any atom is 0.331 e. The highest BCUT2D eigenvalue weighted by atomic mass is 16.4. The van der Waals surface area contributed by atoms with E-state index >= 15 is 0 Å². The zero-order valence-corrected chi connectivity index (χ0v) is 22.3. The van der Waals surface area contributed by atoms with Crippen LogP contribution in [0.25, 0.3) is 0 Å². The lowest BCUT2D eigenvalue weighted by Gasteiger charge is -2.68. The van der Waals surface area contributed by atoms with Crippen LogP contribution in [0.2, 0.25) is 0 Å². The second-order valence-corrected chi connectivity index (χ2v) is 13.3. The number of aliphatic carboxylic acids is 1. The lowest BCUT2D eigenvalue weighted by molar-refractivity contribution is -0.242. The third kappa shape index (κ3) is 3.27. The van der Waals surface area contributed by atoms with Crippen LogP contribution < -0.4 is 0 Å². The predicted molar refractivity (Wildman–Crippen MR) is 136 cm³/mol. The molecule has 0 heterocycles. The van der Waals surface area contributed by atoms with E-state index in [1.165, 1.54) is 5.57 Å². The quantitative estimate of drug-likeness (QED) is 0.256. The topological polar surface area (TPSA) is 77.8 Å². The second-order valence-electron chi connectivity index (χ2n) is 13.3. The van der Waals surface area contributed by atoms with Gasteiger partial charge in [-0.3, -0.25) is 0 Å². The summed E-state index contributed by atoms with van der Waals surface area (Å²) < 4.78 is 0. The average molecular weight is 471 g/mol. The van der Waals surface area contributed by atoms with Crippen molar-refractivity contribution in [3.05, 3.63) is 35.5 Å². The van der Waals surface area contributed by atoms with Crippen LogP contribution in [-0.4, -0.2) is 33.0 Å². The number of carboxylic acid groups (broad SMARTS) is 1. The van der Waals surface area contributed by atoms with Gasteiger partial charge in [0.05, 0.1) is 11.7 Å². The Morgan fingerprint density at radius 1 is 1.09 bits per heavy atom. The number of hydrogen-bond donors (Lipinski definition) is 3. The first-order valence-electron chi connectivity index (χ1n) is 13.3. The minimum atomic E-state index is -0.880. The van der Waals surface area contributed by atoms with Crippen molar-refractivity contribution >= 4 is 5.97 Å². The van der Waals surface area contributed by atoms with Crippen molar-refractivity contribution in [1.29, 1.82) is 0 Å². The van der Waals surface area contributed by atoms with Gasteiger partial charge in [0.15, 0.2) is 0 Å². The van der Waals surface area contributed by atoms with Gasteiger partial charge in [-0.1, -0.05) is 71.4 Å². The number of allylic oxidation sites excluding steroid dienone is 4. The van der Waals surface area contributed by atoms with E-state index in [0.29, 0.717) is 11.5 Å². The van der Waals surface area contributed by atoms with Gasteiger partial charge in [-0.2, -0.15) is 0 Å². The van der Waals surface area contributed by atoms with Crippen molar-refractivity contribution in [1.82, 2.24) is 0 Å². The summed E-state index contributed by atoms with van der Waals surface area (Å²) in [5.41, 5.74) is 0.794. The molecule has 3 fully saturated rings. The van der Waals surface area contributed by atoms with Crippen molar-refractivity contribution in [2.24, 2.45) is 39.4 Å². The molecule has 34 heavy (non-hydrogen) atoms. The van der Waals surface area contributed by atoms with Gasteiger partial charge in [0, 0.05) is 16.9 Å². The highest BCUT2D eigenvalue weighted by Gasteiger charge is 2.69. The highest BCUT2D eigenvalue weighted by Crippen LogP contribution is 2.72. The molecule has 4 aliphatic rings. The van der Waals surface area contributed by atoms with Crippen molar-refractivity contribution in [2.45, 2.75) is 105 Å². The fourth-order valence-electron chi connectivity index (χ4n) is 8.93. The third-order valence-electron chi connectivity index (χ3n) is 11.9. The van der Waals surface area contributed by atoms with E-state index in [2.05, 4.69) is 53.7 Å². The van der Waals surface area contributed by atoms with E-state index < -0.39 is 11.6 Å². The molecular formula is C30H46O4. The number of rotatable bonds is 4. The Hall–Kier alpha value is -1.39. The van der Waals surface area contributed by atoms with Gasteiger partial charge in [-0.25, -0.2) is 4.79 Å². The highest BCUT2D eigenvalue weighted by molar-refractivity contribution is 5.86. The summed E-state index contributed by atoms with van der Waals surface area (Å²) in [6.07, 6.45) is 14.4. The number of hydrogen-bond acceptors (Lipinski definition) is 3. The maximum atomic E-state index is 12.5. The summed E-state index contributed by atoms with van der Waals surface area (Å²) >= 11 is 0. The minimum Gasteiger partial charge on any atom is -0.478 e. The Bertz CT molecular complexity index is 943. The Labute approximate surface area is 206 Å². The van der Waals surface area contributed by atoms with Crippen LogP contribution >= 0.6 is 0 Å². The number of aliphatic hydroxyl groups excluding tert-OH is 1. The predicted octanol–water partition coefficient (Wildman–Crippen LogP) is 6.29. The Kier molecular flexibility index (Phi) is 6.09. The van der Waals surface area contributed by atoms with E-state index in [1.54, 1.807) is 13.0 Å². The van der Waals surface area contributed by atoms with Gasteiger partial charge in [0.25, 0.3) is 0 Å². The van der Waals surface area contributed by atoms with E-state index in [4.69, 9.17) is 5.11 Å². The first-order chi connectivity index (χ1) is 15.6. The molecule has 4 rings (SSSR count). The van der Waals surface area contributed by atoms with Crippen molar-refractivity contribution < 1.29 is 20.1 Å². The normalized spacial score (nSPS) is 46.9. The Morgan fingerprint density at radius 3 is 2.41 bits per heavy atom. The molecule has 0 bridgehead atoms. The molecule has 3 saturated carbocycles. The summed E-state index contributed by atoms with van der Waals surface area (Å²) in [4.78, 5) is 11.1. The maximum absolute atomic E-state index is 12.5. The Morgan fingerprint density at radius 2 is 1.76 bits per heavy atom. The molecule has 0 aromatic carbocycles. The molecule has 0 radical (unpaired) electrons. The second kappa shape index (κ2) is 8.06. The van der Waals surface area contributed by atoms with Crippen LogP contribution in [0.4, 0.5) is 0 Å². The molecule has 4 aliphatic carbocycles. The smallest absolute Gasteiger partial charge is 0.331 e. The van der Waals surface area contributed by atoms with Gasteiger partial charge >= 0.3 is 5.97 Å². The van der Waals surface area contributed by atoms with Crippen LogP contribution in [0.15, 0.2) is 35.5 Å². The zero-order chi connectivity index (χ0) is 25.3. The van der Waals surface area contributed by atoms with E-state index in [-0.39, 0.29) is 39.6 Å². The van der Waals surface area contributed by atoms with Crippen molar-refractivity contribution in [2.75, 3.05) is 0 Å². The summed E-state index contributed by atoms with van der Waals surface area (Å²) in [6, 6.07) is 0. The molecular weight excluding hydrogens is 424 g/mol. The molecule has 0 saturated heterocycles. The monoisotopic (exact) mass is 470 g/mol. The number of aliphatic hydroxyl groups is 2. The molecule has 0 amide bonds. The first kappa shape index (κ1) is 25.7. The molecule has 0 aromatic rings. The summed E-state index contributed by atoms with van der Waals surface area (Å²) in [5.74, 6) is -0.0834. The minimum absolute atomic E-state index is 0.0199. The fraction of sp³-hybridized carbons (Fsp3) is 0.767. The number of fused-ring (bicyclic) bond motifs is 5. The molecule has 0 spiro atoms. The van der Waals surface area contributed by atoms with Gasteiger partial charge in [-0.05, 0) is 80.0 Å². The summed E-state index contributed by atoms with van der Waals surface area (Å²) in [6.45, 7) is 15.4. The fourth-order valence-corrected chi connectivity index (χ4v) is 8.93. The average Bonchev–Trinajstić information content (AvgIpc) is 3.04. The van der Waals surface area contributed by atoms with Gasteiger partial charge in [0.2, 0.25) is 0 Å². The van der Waals surface area contributed by atoms with Crippen LogP contribution in [-0.2, 0) is 4.79 Å². The van der Waals surface area contributed by atoms with Gasteiger partial charge in [-0.15, -0.1) is 0 Å². The van der Waals surface area contributed by atoms with E-state index in [1.807, 2.05) is 6.08 Å². The molecule has 4 heteroatoms. The van der Waals surface area contributed by atoms with Gasteiger partial charge < -0.3 is 15.3 Å².